The normalized spacial score (nSPS) is 18.1. The van der Waals surface area contributed by atoms with E-state index in [0.29, 0.717) is 11.4 Å². The van der Waals surface area contributed by atoms with Gasteiger partial charge in [-0.05, 0) is 18.9 Å². The number of nitrogens with two attached hydrogens (primary N) is 1. The second kappa shape index (κ2) is 4.47. The van der Waals surface area contributed by atoms with E-state index in [-0.39, 0.29) is 11.6 Å². The van der Waals surface area contributed by atoms with Crippen LogP contribution >= 0.6 is 0 Å². The van der Waals surface area contributed by atoms with Crippen molar-refractivity contribution in [2.24, 2.45) is 5.73 Å². The lowest BCUT2D eigenvalue weighted by atomic mass is 10.0. The zero-order valence-corrected chi connectivity index (χ0v) is 10.3. The van der Waals surface area contributed by atoms with E-state index in [4.69, 9.17) is 5.73 Å². The van der Waals surface area contributed by atoms with Crippen molar-refractivity contribution >= 4 is 5.97 Å². The molecule has 98 valence electrons. The lowest BCUT2D eigenvalue weighted by Crippen LogP contribution is -2.22. The van der Waals surface area contributed by atoms with Gasteiger partial charge in [0.2, 0.25) is 0 Å². The molecule has 0 amide bonds. The van der Waals surface area contributed by atoms with Gasteiger partial charge in [-0.3, -0.25) is 0 Å². The number of aromatic nitrogens is 3. The van der Waals surface area contributed by atoms with Gasteiger partial charge in [0.15, 0.2) is 5.82 Å². The van der Waals surface area contributed by atoms with Crippen LogP contribution in [0.3, 0.4) is 0 Å². The van der Waals surface area contributed by atoms with Crippen LogP contribution in [0.2, 0.25) is 0 Å². The van der Waals surface area contributed by atoms with Gasteiger partial charge in [-0.2, -0.15) is 0 Å². The first-order valence-electron chi connectivity index (χ1n) is 6.20. The van der Waals surface area contributed by atoms with Crippen LogP contribution in [0.4, 0.5) is 0 Å². The van der Waals surface area contributed by atoms with Crippen molar-refractivity contribution in [1.29, 1.82) is 0 Å². The Morgan fingerprint density at radius 2 is 2.16 bits per heavy atom. The van der Waals surface area contributed by atoms with Crippen LogP contribution in [0, 0.1) is 0 Å². The summed E-state index contributed by atoms with van der Waals surface area (Å²) >= 11 is 0. The maximum absolute atomic E-state index is 11.3. The zero-order chi connectivity index (χ0) is 13.4. The molecule has 1 aliphatic heterocycles. The Kier molecular flexibility index (Phi) is 2.79. The lowest BCUT2D eigenvalue weighted by molar-refractivity contribution is 0.0697. The quantitative estimate of drug-likeness (QED) is 0.850. The maximum Gasteiger partial charge on any atom is 0.336 e. The van der Waals surface area contributed by atoms with Crippen LogP contribution in [0.25, 0.3) is 11.4 Å². The highest BCUT2D eigenvalue weighted by atomic mass is 16.4. The van der Waals surface area contributed by atoms with Gasteiger partial charge in [0, 0.05) is 12.1 Å². The molecule has 0 spiro atoms. The molecule has 1 aliphatic rings. The van der Waals surface area contributed by atoms with Crippen LogP contribution in [-0.4, -0.2) is 25.8 Å². The summed E-state index contributed by atoms with van der Waals surface area (Å²) in [4.78, 5) is 11.3. The number of hydrogen-bond acceptors (Lipinski definition) is 4. The summed E-state index contributed by atoms with van der Waals surface area (Å²) < 4.78 is 1.93. The Hall–Kier alpha value is -2.21. The number of carboxylic acid groups (broad SMARTS) is 1. The summed E-state index contributed by atoms with van der Waals surface area (Å²) in [6, 6.07) is 6.70. The molecule has 1 aromatic carbocycles. The molecule has 0 aliphatic carbocycles. The van der Waals surface area contributed by atoms with E-state index in [0.717, 1.165) is 25.2 Å². The van der Waals surface area contributed by atoms with Crippen molar-refractivity contribution in [3.8, 4) is 11.4 Å². The molecule has 0 saturated heterocycles. The Bertz CT molecular complexity index is 635. The topological polar surface area (TPSA) is 94.0 Å². The van der Waals surface area contributed by atoms with Crippen LogP contribution < -0.4 is 5.73 Å². The van der Waals surface area contributed by atoms with E-state index in [1.54, 1.807) is 24.3 Å². The van der Waals surface area contributed by atoms with Crippen LogP contribution in [0.15, 0.2) is 24.3 Å². The van der Waals surface area contributed by atoms with E-state index >= 15 is 0 Å². The predicted octanol–water partition coefficient (Wildman–Crippen LogP) is 1.44. The molecule has 3 rings (SSSR count). The van der Waals surface area contributed by atoms with Crippen LogP contribution in [-0.2, 0) is 6.54 Å². The third kappa shape index (κ3) is 1.90. The van der Waals surface area contributed by atoms with E-state index in [1.807, 2.05) is 4.57 Å². The number of fused-ring (bicyclic) bond motifs is 1. The number of hydrogen-bond donors (Lipinski definition) is 2. The fourth-order valence-corrected chi connectivity index (χ4v) is 2.47. The molecule has 2 aromatic rings. The van der Waals surface area contributed by atoms with Gasteiger partial charge < -0.3 is 15.4 Å². The fraction of sp³-hybridized carbons (Fsp3) is 0.308. The molecule has 6 nitrogen and oxygen atoms in total. The van der Waals surface area contributed by atoms with Crippen LogP contribution in [0.1, 0.15) is 35.1 Å². The fourth-order valence-electron chi connectivity index (χ4n) is 2.47. The molecule has 1 aromatic heterocycles. The van der Waals surface area contributed by atoms with Crippen molar-refractivity contribution in [3.05, 3.63) is 35.7 Å². The van der Waals surface area contributed by atoms with Crippen molar-refractivity contribution in [3.63, 3.8) is 0 Å². The highest BCUT2D eigenvalue weighted by Crippen LogP contribution is 2.28. The predicted molar refractivity (Wildman–Crippen MR) is 68.6 cm³/mol. The van der Waals surface area contributed by atoms with Gasteiger partial charge in [-0.1, -0.05) is 18.2 Å². The Balaban J connectivity index is 2.16. The molecule has 3 N–H and O–H groups in total. The number of aromatic carboxylic acids is 1. The molecular formula is C13H14N4O2. The standard InChI is InChI=1S/C13H14N4O2/c14-10-6-3-7-17-11(15-16-12(10)17)8-4-1-2-5-9(8)13(18)19/h1-2,4-5,10H,3,6-7,14H2,(H,18,19). The highest BCUT2D eigenvalue weighted by molar-refractivity contribution is 5.94. The molecule has 1 atom stereocenters. The summed E-state index contributed by atoms with van der Waals surface area (Å²) in [5.41, 5.74) is 6.82. The molecular weight excluding hydrogens is 244 g/mol. The Labute approximate surface area is 109 Å². The molecule has 0 saturated carbocycles. The summed E-state index contributed by atoms with van der Waals surface area (Å²) in [6.07, 6.45) is 1.84. The number of carboxylic acids is 1. The molecule has 2 heterocycles. The van der Waals surface area contributed by atoms with Crippen molar-refractivity contribution in [2.45, 2.75) is 25.4 Å². The first-order chi connectivity index (χ1) is 9.18. The van der Waals surface area contributed by atoms with E-state index < -0.39 is 5.97 Å². The minimum absolute atomic E-state index is 0.119. The molecule has 19 heavy (non-hydrogen) atoms. The zero-order valence-electron chi connectivity index (χ0n) is 10.3. The van der Waals surface area contributed by atoms with Gasteiger partial charge in [0.1, 0.15) is 5.82 Å². The SMILES string of the molecule is NC1CCCn2c(-c3ccccc3C(=O)O)nnc21. The van der Waals surface area contributed by atoms with Gasteiger partial charge in [-0.15, -0.1) is 10.2 Å². The number of nitrogens with zero attached hydrogens (tertiary/aromatic N) is 3. The number of carbonyl (C=O) groups is 1. The largest absolute Gasteiger partial charge is 0.478 e. The van der Waals surface area contributed by atoms with Gasteiger partial charge >= 0.3 is 5.97 Å². The van der Waals surface area contributed by atoms with E-state index in [2.05, 4.69) is 10.2 Å². The van der Waals surface area contributed by atoms with E-state index in [1.165, 1.54) is 0 Å². The first-order valence-corrected chi connectivity index (χ1v) is 6.20. The number of rotatable bonds is 2. The molecule has 1 unspecified atom stereocenters. The Morgan fingerprint density at radius 3 is 2.95 bits per heavy atom. The lowest BCUT2D eigenvalue weighted by Gasteiger charge is -2.20. The molecule has 0 fully saturated rings. The molecule has 0 bridgehead atoms. The maximum atomic E-state index is 11.3. The smallest absolute Gasteiger partial charge is 0.336 e. The average Bonchev–Trinajstić information content (AvgIpc) is 2.84. The van der Waals surface area contributed by atoms with Crippen molar-refractivity contribution in [1.82, 2.24) is 14.8 Å². The van der Waals surface area contributed by atoms with E-state index in [9.17, 15) is 9.90 Å². The summed E-state index contributed by atoms with van der Waals surface area (Å²) in [5.74, 6) is 0.359. The molecule has 0 radical (unpaired) electrons. The second-order valence-corrected chi connectivity index (χ2v) is 4.63. The van der Waals surface area contributed by atoms with Crippen molar-refractivity contribution in [2.75, 3.05) is 0 Å². The second-order valence-electron chi connectivity index (χ2n) is 4.63. The summed E-state index contributed by atoms with van der Waals surface area (Å²) in [5, 5.41) is 17.5. The van der Waals surface area contributed by atoms with Crippen LogP contribution in [0.5, 0.6) is 0 Å². The summed E-state index contributed by atoms with van der Waals surface area (Å²) in [6.45, 7) is 0.777. The monoisotopic (exact) mass is 258 g/mol. The van der Waals surface area contributed by atoms with Gasteiger partial charge in [0.05, 0.1) is 11.6 Å². The number of benzene rings is 1. The van der Waals surface area contributed by atoms with Gasteiger partial charge in [0.25, 0.3) is 0 Å². The minimum atomic E-state index is -0.965. The molecule has 6 heteroatoms. The first kappa shape index (κ1) is 11.9. The summed E-state index contributed by atoms with van der Waals surface area (Å²) in [7, 11) is 0. The Morgan fingerprint density at radius 1 is 1.37 bits per heavy atom. The van der Waals surface area contributed by atoms with Crippen molar-refractivity contribution < 1.29 is 9.90 Å². The highest BCUT2D eigenvalue weighted by Gasteiger charge is 2.24. The third-order valence-electron chi connectivity index (χ3n) is 3.41. The average molecular weight is 258 g/mol. The third-order valence-corrected chi connectivity index (χ3v) is 3.41. The minimum Gasteiger partial charge on any atom is -0.478 e. The van der Waals surface area contributed by atoms with Gasteiger partial charge in [-0.25, -0.2) is 4.79 Å².